The van der Waals surface area contributed by atoms with Crippen LogP contribution in [0.2, 0.25) is 0 Å². The van der Waals surface area contributed by atoms with Gasteiger partial charge in [-0.15, -0.1) is 0 Å². The molecule has 2 heterocycles. The van der Waals surface area contributed by atoms with Crippen LogP contribution in [0.25, 0.3) is 5.57 Å². The third kappa shape index (κ3) is 9.84. The van der Waals surface area contributed by atoms with E-state index < -0.39 is 0 Å². The van der Waals surface area contributed by atoms with Gasteiger partial charge in [-0.3, -0.25) is 4.48 Å². The van der Waals surface area contributed by atoms with E-state index >= 15 is 0 Å². The van der Waals surface area contributed by atoms with Crippen LogP contribution < -0.4 is 38.9 Å². The summed E-state index contributed by atoms with van der Waals surface area (Å²) in [6, 6.07) is 4.34. The summed E-state index contributed by atoms with van der Waals surface area (Å²) in [7, 11) is 0. The average molecular weight is 516 g/mol. The lowest BCUT2D eigenvalue weighted by Crippen LogP contribution is -3.00. The zero-order valence-electron chi connectivity index (χ0n) is 17.9. The quantitative estimate of drug-likeness (QED) is 0.263. The molecule has 2 rings (SSSR count). The first kappa shape index (κ1) is 27.5. The minimum atomic E-state index is 0. The molecule has 0 aromatic carbocycles. The Hall–Kier alpha value is -0.450. The number of pyridine rings is 1. The van der Waals surface area contributed by atoms with E-state index in [0.717, 1.165) is 6.54 Å². The van der Waals surface area contributed by atoms with Gasteiger partial charge in [0, 0.05) is 12.1 Å². The Morgan fingerprint density at radius 3 is 1.79 bits per heavy atom. The van der Waals surface area contributed by atoms with E-state index in [-0.39, 0.29) is 34.0 Å². The maximum atomic E-state index is 3.12. The predicted octanol–water partition coefficient (Wildman–Crippen LogP) is 0.177. The number of quaternary nitrogens is 1. The van der Waals surface area contributed by atoms with Crippen molar-refractivity contribution in [1.29, 1.82) is 0 Å². The Labute approximate surface area is 194 Å². The lowest BCUT2D eigenvalue weighted by molar-refractivity contribution is -0.874. The van der Waals surface area contributed by atoms with E-state index in [1.54, 1.807) is 0 Å². The fraction of sp³-hybridized carbons (Fsp3) is 0.625. The first-order valence-electron chi connectivity index (χ1n) is 11.0. The first-order chi connectivity index (χ1) is 12.8. The van der Waals surface area contributed by atoms with Crippen LogP contribution in [0.5, 0.6) is 0 Å². The van der Waals surface area contributed by atoms with Crippen LogP contribution in [0.3, 0.4) is 0 Å². The largest absolute Gasteiger partial charge is 1.00 e. The summed E-state index contributed by atoms with van der Waals surface area (Å²) in [6.07, 6.45) is 25.1. The molecule has 0 saturated heterocycles. The highest BCUT2D eigenvalue weighted by Gasteiger charge is 2.25. The molecule has 1 aromatic heterocycles. The molecule has 0 unspecified atom stereocenters. The Morgan fingerprint density at radius 2 is 1.32 bits per heavy atom. The number of aromatic amines is 1. The highest BCUT2D eigenvalue weighted by atomic mass is 79.9. The number of halogens is 2. The average Bonchev–Trinajstić information content (AvgIpc) is 2.69. The van der Waals surface area contributed by atoms with Crippen molar-refractivity contribution in [2.24, 2.45) is 0 Å². The van der Waals surface area contributed by atoms with Gasteiger partial charge in [0.15, 0.2) is 12.4 Å². The molecule has 1 aliphatic rings. The number of rotatable bonds is 13. The minimum Gasteiger partial charge on any atom is -1.00 e. The summed E-state index contributed by atoms with van der Waals surface area (Å²) in [4.78, 5) is 3.12. The highest BCUT2D eigenvalue weighted by molar-refractivity contribution is 5.73. The van der Waals surface area contributed by atoms with Crippen molar-refractivity contribution < 1.29 is 43.4 Å². The van der Waals surface area contributed by atoms with Crippen molar-refractivity contribution in [2.45, 2.75) is 78.1 Å². The third-order valence-corrected chi connectivity index (χ3v) is 5.71. The number of aromatic nitrogens is 1. The van der Waals surface area contributed by atoms with E-state index in [2.05, 4.69) is 49.3 Å². The molecular weight excluding hydrogens is 476 g/mol. The number of unbranched alkanes of at least 4 members (excludes halogenated alkanes) is 8. The number of H-pyrrole nitrogens is 1. The van der Waals surface area contributed by atoms with Crippen LogP contribution >= 0.6 is 0 Å². The molecule has 0 aliphatic carbocycles. The zero-order valence-corrected chi connectivity index (χ0v) is 21.1. The monoisotopic (exact) mass is 514 g/mol. The molecule has 0 atom stereocenters. The maximum absolute atomic E-state index is 3.12. The van der Waals surface area contributed by atoms with Crippen LogP contribution in [0.1, 0.15) is 83.6 Å². The van der Waals surface area contributed by atoms with Crippen LogP contribution in [-0.2, 0) is 0 Å². The molecule has 28 heavy (non-hydrogen) atoms. The molecule has 160 valence electrons. The second kappa shape index (κ2) is 16.4. The molecule has 0 spiro atoms. The van der Waals surface area contributed by atoms with E-state index in [9.17, 15) is 0 Å². The van der Waals surface area contributed by atoms with Gasteiger partial charge in [0.05, 0.1) is 19.3 Å². The summed E-state index contributed by atoms with van der Waals surface area (Å²) in [5, 5.41) is 0. The number of allylic oxidation sites excluding steroid dienone is 2. The molecule has 0 saturated carbocycles. The predicted molar refractivity (Wildman–Crippen MR) is 112 cm³/mol. The lowest BCUT2D eigenvalue weighted by atomic mass is 10.0. The maximum Gasteiger partial charge on any atom is 0.167 e. The topological polar surface area (TPSA) is 14.1 Å². The Kier molecular flexibility index (Phi) is 16.1. The fourth-order valence-electron chi connectivity index (χ4n) is 3.94. The van der Waals surface area contributed by atoms with E-state index in [1.165, 1.54) is 92.9 Å². The van der Waals surface area contributed by atoms with Gasteiger partial charge in [0.25, 0.3) is 0 Å². The lowest BCUT2D eigenvalue weighted by Gasteiger charge is -2.36. The van der Waals surface area contributed by atoms with Gasteiger partial charge in [-0.2, -0.15) is 0 Å². The molecule has 4 heteroatoms. The van der Waals surface area contributed by atoms with E-state index in [4.69, 9.17) is 0 Å². The van der Waals surface area contributed by atoms with Crippen molar-refractivity contribution in [3.63, 3.8) is 0 Å². The summed E-state index contributed by atoms with van der Waals surface area (Å²) in [6.45, 7) is 8.36. The van der Waals surface area contributed by atoms with Gasteiger partial charge in [0.1, 0.15) is 6.54 Å². The van der Waals surface area contributed by atoms with Crippen LogP contribution in [-0.4, -0.2) is 24.1 Å². The van der Waals surface area contributed by atoms with Crippen LogP contribution in [0.15, 0.2) is 42.9 Å². The van der Waals surface area contributed by atoms with Crippen LogP contribution in [0, 0.1) is 0 Å². The molecule has 0 amide bonds. The standard InChI is InChI=1S/C24H39N2.2BrH/c1-3-5-7-9-11-19-26(20-12-10-8-6-4-2)21-15-24(16-22-26)23-13-17-25-18-14-23;;/h13-18,21H,3-12,19-20,22H2,1-2H3;2*1H/q+1;;/p-1. The van der Waals surface area contributed by atoms with Crippen molar-refractivity contribution in [2.75, 3.05) is 19.6 Å². The Morgan fingerprint density at radius 1 is 0.786 bits per heavy atom. The van der Waals surface area contributed by atoms with Crippen LogP contribution in [0.4, 0.5) is 0 Å². The van der Waals surface area contributed by atoms with Crippen molar-refractivity contribution in [3.8, 4) is 0 Å². The second-order valence-corrected chi connectivity index (χ2v) is 7.94. The molecule has 0 radical (unpaired) electrons. The van der Waals surface area contributed by atoms with Gasteiger partial charge in [-0.05, 0) is 49.0 Å². The summed E-state index contributed by atoms with van der Waals surface area (Å²) >= 11 is 0. The van der Waals surface area contributed by atoms with Gasteiger partial charge in [-0.25, -0.2) is 4.98 Å². The van der Waals surface area contributed by atoms with Crippen molar-refractivity contribution in [1.82, 2.24) is 0 Å². The zero-order chi connectivity index (χ0) is 18.5. The Balaban J connectivity index is 0.00000364. The smallest absolute Gasteiger partial charge is 0.167 e. The van der Waals surface area contributed by atoms with E-state index in [1.807, 2.05) is 12.4 Å². The summed E-state index contributed by atoms with van der Waals surface area (Å²) in [5.74, 6) is 0. The molecule has 1 N–H and O–H groups in total. The Bertz CT molecular complexity index is 541. The molecule has 1 aliphatic heterocycles. The second-order valence-electron chi connectivity index (χ2n) is 7.94. The summed E-state index contributed by atoms with van der Waals surface area (Å²) in [5.41, 5.74) is 2.70. The number of hydrogen-bond donors (Lipinski definition) is 0. The van der Waals surface area contributed by atoms with Crippen molar-refractivity contribution >= 4 is 5.57 Å². The number of nitrogens with one attached hydrogen (secondary N) is 1. The summed E-state index contributed by atoms with van der Waals surface area (Å²) < 4.78 is 1.17. The fourth-order valence-corrected chi connectivity index (χ4v) is 3.94. The molecule has 0 fully saturated rings. The SMILES string of the molecule is CCCCCCC[N+]1(CCCCCCC)C=CC(c2cc[nH+]cc2)=CC1.[Br-].[Br-]. The molecule has 0 bridgehead atoms. The highest BCUT2D eigenvalue weighted by Crippen LogP contribution is 2.25. The minimum absolute atomic E-state index is 0. The van der Waals surface area contributed by atoms with Gasteiger partial charge < -0.3 is 34.0 Å². The molecular formula is C24H40Br2N2. The van der Waals surface area contributed by atoms with Crippen molar-refractivity contribution in [3.05, 3.63) is 48.4 Å². The third-order valence-electron chi connectivity index (χ3n) is 5.71. The number of hydrogen-bond acceptors (Lipinski definition) is 0. The van der Waals surface area contributed by atoms with E-state index in [0.29, 0.717) is 0 Å². The van der Waals surface area contributed by atoms with Gasteiger partial charge >= 0.3 is 0 Å². The first-order valence-corrected chi connectivity index (χ1v) is 11.0. The molecule has 1 aromatic rings. The molecule has 2 nitrogen and oxygen atoms in total. The normalized spacial score (nSPS) is 14.7. The number of nitrogens with zero attached hydrogens (tertiary/aromatic N) is 1. The van der Waals surface area contributed by atoms with Gasteiger partial charge in [-0.1, -0.05) is 52.4 Å². The van der Waals surface area contributed by atoms with Gasteiger partial charge in [0.2, 0.25) is 0 Å².